The van der Waals surface area contributed by atoms with Crippen molar-refractivity contribution in [3.05, 3.63) is 89.5 Å². The van der Waals surface area contributed by atoms with Gasteiger partial charge in [-0.15, -0.1) is 0 Å². The van der Waals surface area contributed by atoms with E-state index in [1.54, 1.807) is 37.3 Å². The number of hydrogen-bond donors (Lipinski definition) is 0. The van der Waals surface area contributed by atoms with Gasteiger partial charge < -0.3 is 4.90 Å². The number of hydrogen-bond acceptors (Lipinski definition) is 1. The summed E-state index contributed by atoms with van der Waals surface area (Å²) in [7, 11) is 0. The maximum atomic E-state index is 13.7. The van der Waals surface area contributed by atoms with E-state index in [1.807, 2.05) is 0 Å². The van der Waals surface area contributed by atoms with Crippen LogP contribution in [0.3, 0.4) is 0 Å². The lowest BCUT2D eigenvalue weighted by atomic mass is 10.1. The molecule has 6 heteroatoms. The van der Waals surface area contributed by atoms with E-state index >= 15 is 0 Å². The van der Waals surface area contributed by atoms with Crippen LogP contribution in [0.1, 0.15) is 11.1 Å². The van der Waals surface area contributed by atoms with Crippen LogP contribution in [0.2, 0.25) is 0 Å². The summed E-state index contributed by atoms with van der Waals surface area (Å²) in [5, 5.41) is 0. The molecule has 134 valence electrons. The number of halogens is 5. The summed E-state index contributed by atoms with van der Waals surface area (Å²) < 4.78 is 66.6. The molecule has 0 atom stereocenters. The Morgan fingerprint density at radius 1 is 0.692 bits per heavy atom. The highest BCUT2D eigenvalue weighted by Gasteiger charge is 2.34. The third-order valence-corrected chi connectivity index (χ3v) is 3.93. The van der Waals surface area contributed by atoms with Crippen LogP contribution >= 0.6 is 0 Å². The van der Waals surface area contributed by atoms with Gasteiger partial charge in [-0.05, 0) is 61.0 Å². The van der Waals surface area contributed by atoms with Gasteiger partial charge in [-0.3, -0.25) is 0 Å². The summed E-state index contributed by atoms with van der Waals surface area (Å²) in [5.74, 6) is -1.76. The Hall–Kier alpha value is -2.89. The van der Waals surface area contributed by atoms with Crippen molar-refractivity contribution in [1.29, 1.82) is 0 Å². The highest BCUT2D eigenvalue weighted by atomic mass is 19.4. The van der Waals surface area contributed by atoms with Gasteiger partial charge in [-0.1, -0.05) is 18.2 Å². The van der Waals surface area contributed by atoms with E-state index in [2.05, 4.69) is 0 Å². The molecule has 0 fully saturated rings. The van der Waals surface area contributed by atoms with Gasteiger partial charge in [0.25, 0.3) is 0 Å². The molecule has 1 nitrogen and oxygen atoms in total. The maximum Gasteiger partial charge on any atom is 0.419 e. The summed E-state index contributed by atoms with van der Waals surface area (Å²) in [6, 6.07) is 15.7. The first-order valence-corrected chi connectivity index (χ1v) is 7.75. The van der Waals surface area contributed by atoms with Gasteiger partial charge in [0.05, 0.1) is 5.56 Å². The topological polar surface area (TPSA) is 3.24 Å². The van der Waals surface area contributed by atoms with Gasteiger partial charge in [0.15, 0.2) is 0 Å². The number of rotatable bonds is 3. The second-order valence-electron chi connectivity index (χ2n) is 5.77. The Kier molecular flexibility index (Phi) is 4.68. The van der Waals surface area contributed by atoms with E-state index in [0.717, 1.165) is 12.1 Å². The van der Waals surface area contributed by atoms with E-state index < -0.39 is 23.4 Å². The maximum absolute atomic E-state index is 13.7. The van der Waals surface area contributed by atoms with E-state index in [0.29, 0.717) is 16.9 Å². The quantitative estimate of drug-likeness (QED) is 0.465. The van der Waals surface area contributed by atoms with Gasteiger partial charge in [-0.2, -0.15) is 13.2 Å². The van der Waals surface area contributed by atoms with Crippen LogP contribution in [0.4, 0.5) is 39.0 Å². The molecule has 0 saturated heterocycles. The second-order valence-corrected chi connectivity index (χ2v) is 5.77. The Labute approximate surface area is 147 Å². The predicted molar refractivity (Wildman–Crippen MR) is 90.8 cm³/mol. The molecule has 3 rings (SSSR count). The Bertz CT molecular complexity index is 919. The lowest BCUT2D eigenvalue weighted by molar-refractivity contribution is -0.139. The summed E-state index contributed by atoms with van der Waals surface area (Å²) in [4.78, 5) is 1.52. The fourth-order valence-electron chi connectivity index (χ4n) is 2.66. The zero-order chi connectivity index (χ0) is 18.9. The predicted octanol–water partition coefficient (Wildman–Crippen LogP) is 6.76. The van der Waals surface area contributed by atoms with Crippen LogP contribution in [-0.4, -0.2) is 0 Å². The van der Waals surface area contributed by atoms with E-state index in [4.69, 9.17) is 0 Å². The Morgan fingerprint density at radius 3 is 1.85 bits per heavy atom. The minimum Gasteiger partial charge on any atom is -0.310 e. The summed E-state index contributed by atoms with van der Waals surface area (Å²) >= 11 is 0. The van der Waals surface area contributed by atoms with E-state index in [1.165, 1.54) is 29.2 Å². The summed E-state index contributed by atoms with van der Waals surface area (Å²) in [6.45, 7) is 1.56. The first-order valence-electron chi connectivity index (χ1n) is 7.75. The van der Waals surface area contributed by atoms with Crippen molar-refractivity contribution >= 4 is 17.1 Å². The lowest BCUT2D eigenvalue weighted by Crippen LogP contribution is -2.14. The van der Waals surface area contributed by atoms with Crippen molar-refractivity contribution < 1.29 is 22.0 Å². The van der Waals surface area contributed by atoms with Crippen LogP contribution in [0.25, 0.3) is 0 Å². The minimum absolute atomic E-state index is 0.121. The first kappa shape index (κ1) is 17.9. The zero-order valence-corrected chi connectivity index (χ0v) is 13.7. The molecule has 0 radical (unpaired) electrons. The molecule has 3 aromatic rings. The monoisotopic (exact) mass is 363 g/mol. The zero-order valence-electron chi connectivity index (χ0n) is 13.7. The van der Waals surface area contributed by atoms with Crippen LogP contribution < -0.4 is 4.90 Å². The number of anilines is 3. The minimum atomic E-state index is -4.82. The molecule has 0 saturated carbocycles. The third-order valence-electron chi connectivity index (χ3n) is 3.93. The summed E-state index contributed by atoms with van der Waals surface area (Å²) in [5.41, 5.74) is 0.153. The number of aryl methyl sites for hydroxylation is 1. The molecule has 26 heavy (non-hydrogen) atoms. The number of nitrogens with zero attached hydrogens (tertiary/aromatic N) is 1. The van der Waals surface area contributed by atoms with Gasteiger partial charge in [0, 0.05) is 17.1 Å². The molecule has 0 aliphatic heterocycles. The number of para-hydroxylation sites is 1. The lowest BCUT2D eigenvalue weighted by Gasteiger charge is -2.26. The average Bonchev–Trinajstić information content (AvgIpc) is 2.59. The Morgan fingerprint density at radius 2 is 1.27 bits per heavy atom. The molecule has 0 N–H and O–H groups in total. The van der Waals surface area contributed by atoms with Crippen molar-refractivity contribution in [3.8, 4) is 0 Å². The van der Waals surface area contributed by atoms with E-state index in [9.17, 15) is 22.0 Å². The van der Waals surface area contributed by atoms with Gasteiger partial charge in [0.2, 0.25) is 0 Å². The van der Waals surface area contributed by atoms with Crippen LogP contribution in [0, 0.1) is 18.6 Å². The van der Waals surface area contributed by atoms with Gasteiger partial charge in [-0.25, -0.2) is 8.78 Å². The molecule has 0 aliphatic rings. The van der Waals surface area contributed by atoms with Crippen LogP contribution in [0.5, 0.6) is 0 Å². The molecule has 3 aromatic carbocycles. The Balaban J connectivity index is 2.20. The SMILES string of the molecule is Cc1cc(N(c2ccccc2)c2ccc(F)c(C(F)(F)F)c2)ccc1F. The molecule has 0 bridgehead atoms. The largest absolute Gasteiger partial charge is 0.419 e. The molecule has 0 aliphatic carbocycles. The van der Waals surface area contributed by atoms with Crippen molar-refractivity contribution in [2.75, 3.05) is 4.90 Å². The molecule has 0 heterocycles. The fraction of sp³-hybridized carbons (Fsp3) is 0.100. The van der Waals surface area contributed by atoms with Crippen LogP contribution in [-0.2, 0) is 6.18 Å². The number of alkyl halides is 3. The van der Waals surface area contributed by atoms with E-state index in [-0.39, 0.29) is 5.69 Å². The number of benzene rings is 3. The average molecular weight is 363 g/mol. The van der Waals surface area contributed by atoms with Gasteiger partial charge in [0.1, 0.15) is 11.6 Å². The first-order chi connectivity index (χ1) is 12.3. The van der Waals surface area contributed by atoms with Gasteiger partial charge >= 0.3 is 6.18 Å². The van der Waals surface area contributed by atoms with Crippen molar-refractivity contribution in [3.63, 3.8) is 0 Å². The van der Waals surface area contributed by atoms with Crippen molar-refractivity contribution in [2.24, 2.45) is 0 Å². The molecule has 0 unspecified atom stereocenters. The van der Waals surface area contributed by atoms with Crippen molar-refractivity contribution in [2.45, 2.75) is 13.1 Å². The molecular weight excluding hydrogens is 349 g/mol. The molecular formula is C20H14F5N. The van der Waals surface area contributed by atoms with Crippen LogP contribution in [0.15, 0.2) is 66.7 Å². The highest BCUT2D eigenvalue weighted by molar-refractivity contribution is 5.77. The highest BCUT2D eigenvalue weighted by Crippen LogP contribution is 2.39. The second kappa shape index (κ2) is 6.78. The fourth-order valence-corrected chi connectivity index (χ4v) is 2.66. The molecule has 0 spiro atoms. The third kappa shape index (κ3) is 3.54. The smallest absolute Gasteiger partial charge is 0.310 e. The standard InChI is InChI=1S/C20H14F5N/c1-13-11-15(7-9-18(13)21)26(14-5-3-2-4-6-14)16-8-10-19(22)17(12-16)20(23,24)25/h2-12H,1H3. The molecule has 0 aromatic heterocycles. The molecule has 0 amide bonds. The normalized spacial score (nSPS) is 11.5. The summed E-state index contributed by atoms with van der Waals surface area (Å²) in [6.07, 6.45) is -4.82. The van der Waals surface area contributed by atoms with Crippen molar-refractivity contribution in [1.82, 2.24) is 0 Å².